The number of carbonyl (C=O) groups excluding carboxylic acids is 1. The average Bonchev–Trinajstić information content (AvgIpc) is 3.12. The first-order valence-corrected chi connectivity index (χ1v) is 9.58. The summed E-state index contributed by atoms with van der Waals surface area (Å²) in [6.45, 7) is 3.86. The van der Waals surface area contributed by atoms with Crippen LogP contribution < -0.4 is 5.06 Å². The minimum Gasteiger partial charge on any atom is -0.334 e. The SMILES string of the molecule is Cc1nccc(N2CCN(C(=O)c3ccccc3-c3nccs3)CCO2)n1. The molecule has 1 aromatic carbocycles. The molecule has 0 aliphatic carbocycles. The Morgan fingerprint density at radius 2 is 2.00 bits per heavy atom. The van der Waals surface area contributed by atoms with Gasteiger partial charge in [0.2, 0.25) is 0 Å². The summed E-state index contributed by atoms with van der Waals surface area (Å²) >= 11 is 1.53. The fourth-order valence-corrected chi connectivity index (χ4v) is 3.68. The molecule has 7 nitrogen and oxygen atoms in total. The molecule has 0 unspecified atom stereocenters. The van der Waals surface area contributed by atoms with Crippen molar-refractivity contribution in [3.05, 3.63) is 59.5 Å². The van der Waals surface area contributed by atoms with Gasteiger partial charge in [-0.05, 0) is 13.0 Å². The number of hydrogen-bond donors (Lipinski definition) is 0. The number of hydrogen-bond acceptors (Lipinski definition) is 7. The molecule has 1 aliphatic heterocycles. The molecule has 8 heteroatoms. The fourth-order valence-electron chi connectivity index (χ4n) is 3.00. The number of hydroxylamine groups is 1. The number of rotatable bonds is 3. The number of thiazole rings is 1. The van der Waals surface area contributed by atoms with Crippen molar-refractivity contribution in [2.45, 2.75) is 6.92 Å². The maximum absolute atomic E-state index is 13.2. The molecule has 1 fully saturated rings. The van der Waals surface area contributed by atoms with Crippen LogP contribution in [-0.4, -0.2) is 52.0 Å². The third kappa shape index (κ3) is 3.81. The fraction of sp³-hybridized carbons (Fsp3) is 0.263. The molecule has 0 saturated carbocycles. The molecule has 0 bridgehead atoms. The van der Waals surface area contributed by atoms with Crippen LogP contribution in [0.5, 0.6) is 0 Å². The van der Waals surface area contributed by atoms with Gasteiger partial charge in [0, 0.05) is 48.1 Å². The van der Waals surface area contributed by atoms with Crippen molar-refractivity contribution < 1.29 is 9.63 Å². The summed E-state index contributed by atoms with van der Waals surface area (Å²) in [5, 5.41) is 4.50. The van der Waals surface area contributed by atoms with Crippen LogP contribution in [0.25, 0.3) is 10.6 Å². The van der Waals surface area contributed by atoms with Gasteiger partial charge in [-0.3, -0.25) is 9.63 Å². The average molecular weight is 381 g/mol. The lowest BCUT2D eigenvalue weighted by Crippen LogP contribution is -2.35. The molecule has 0 radical (unpaired) electrons. The normalized spacial score (nSPS) is 14.9. The first kappa shape index (κ1) is 17.6. The second-order valence-electron chi connectivity index (χ2n) is 6.07. The van der Waals surface area contributed by atoms with Crippen LogP contribution in [0.4, 0.5) is 5.82 Å². The number of carbonyl (C=O) groups is 1. The quantitative estimate of drug-likeness (QED) is 0.695. The topological polar surface area (TPSA) is 71.5 Å². The Morgan fingerprint density at radius 1 is 1.11 bits per heavy atom. The summed E-state index contributed by atoms with van der Waals surface area (Å²) < 4.78 is 0. The van der Waals surface area contributed by atoms with Crippen molar-refractivity contribution in [2.24, 2.45) is 0 Å². The smallest absolute Gasteiger partial charge is 0.254 e. The molecule has 0 spiro atoms. The second-order valence-corrected chi connectivity index (χ2v) is 6.97. The van der Waals surface area contributed by atoms with E-state index in [0.29, 0.717) is 43.4 Å². The van der Waals surface area contributed by atoms with E-state index in [1.807, 2.05) is 47.5 Å². The summed E-state index contributed by atoms with van der Waals surface area (Å²) in [4.78, 5) is 33.7. The summed E-state index contributed by atoms with van der Waals surface area (Å²) in [5.41, 5.74) is 1.53. The van der Waals surface area contributed by atoms with E-state index in [9.17, 15) is 4.79 Å². The van der Waals surface area contributed by atoms with E-state index in [-0.39, 0.29) is 5.91 Å². The molecule has 2 aromatic heterocycles. The standard InChI is InChI=1S/C19H19N5O2S/c1-14-20-7-6-17(22-14)24-10-9-23(11-12-26-24)19(25)16-5-3-2-4-15(16)18-21-8-13-27-18/h2-8,13H,9-12H2,1H3. The Kier molecular flexibility index (Phi) is 5.08. The molecule has 0 N–H and O–H groups in total. The van der Waals surface area contributed by atoms with Crippen molar-refractivity contribution >= 4 is 23.1 Å². The minimum absolute atomic E-state index is 0.00915. The maximum Gasteiger partial charge on any atom is 0.254 e. The van der Waals surface area contributed by atoms with Gasteiger partial charge in [-0.2, -0.15) is 0 Å². The van der Waals surface area contributed by atoms with Crippen molar-refractivity contribution in [3.8, 4) is 10.6 Å². The highest BCUT2D eigenvalue weighted by atomic mass is 32.1. The van der Waals surface area contributed by atoms with E-state index < -0.39 is 0 Å². The van der Waals surface area contributed by atoms with Gasteiger partial charge in [0.15, 0.2) is 5.82 Å². The number of aromatic nitrogens is 3. The molecule has 1 saturated heterocycles. The van der Waals surface area contributed by atoms with Gasteiger partial charge in [0.1, 0.15) is 10.8 Å². The van der Waals surface area contributed by atoms with Crippen LogP contribution in [0.3, 0.4) is 0 Å². The molecule has 1 amide bonds. The molecule has 1 aliphatic rings. The van der Waals surface area contributed by atoms with E-state index in [0.717, 1.165) is 10.6 Å². The van der Waals surface area contributed by atoms with E-state index in [1.54, 1.807) is 17.5 Å². The van der Waals surface area contributed by atoms with Gasteiger partial charge >= 0.3 is 0 Å². The predicted molar refractivity (Wildman–Crippen MR) is 104 cm³/mol. The first-order valence-electron chi connectivity index (χ1n) is 8.70. The molecular weight excluding hydrogens is 362 g/mol. The van der Waals surface area contributed by atoms with E-state index in [4.69, 9.17) is 4.84 Å². The summed E-state index contributed by atoms with van der Waals surface area (Å²) in [5.74, 6) is 1.38. The van der Waals surface area contributed by atoms with E-state index in [2.05, 4.69) is 15.0 Å². The number of benzene rings is 1. The summed E-state index contributed by atoms with van der Waals surface area (Å²) in [7, 11) is 0. The van der Waals surface area contributed by atoms with Crippen LogP contribution in [-0.2, 0) is 4.84 Å². The van der Waals surface area contributed by atoms with Crippen molar-refractivity contribution in [3.63, 3.8) is 0 Å². The number of anilines is 1. The molecule has 4 rings (SSSR count). The van der Waals surface area contributed by atoms with Crippen molar-refractivity contribution in [1.82, 2.24) is 19.9 Å². The molecule has 27 heavy (non-hydrogen) atoms. The molecule has 3 aromatic rings. The Labute approximate surface area is 161 Å². The van der Waals surface area contributed by atoms with Crippen LogP contribution >= 0.6 is 11.3 Å². The monoisotopic (exact) mass is 381 g/mol. The maximum atomic E-state index is 13.2. The van der Waals surface area contributed by atoms with E-state index >= 15 is 0 Å². The predicted octanol–water partition coefficient (Wildman–Crippen LogP) is 2.80. The number of amides is 1. The third-order valence-corrected chi connectivity index (χ3v) is 5.11. The van der Waals surface area contributed by atoms with Gasteiger partial charge in [-0.15, -0.1) is 11.3 Å². The molecule has 138 valence electrons. The molecule has 0 atom stereocenters. The highest BCUT2D eigenvalue weighted by Gasteiger charge is 2.24. The summed E-state index contributed by atoms with van der Waals surface area (Å²) in [6.07, 6.45) is 3.46. The van der Waals surface area contributed by atoms with Gasteiger partial charge in [-0.25, -0.2) is 20.0 Å². The minimum atomic E-state index is -0.00915. The lowest BCUT2D eigenvalue weighted by Gasteiger charge is -2.22. The molecular formula is C19H19N5O2S. The van der Waals surface area contributed by atoms with Gasteiger partial charge in [0.05, 0.1) is 13.2 Å². The van der Waals surface area contributed by atoms with Crippen molar-refractivity contribution in [2.75, 3.05) is 31.3 Å². The van der Waals surface area contributed by atoms with Crippen LogP contribution in [0.15, 0.2) is 48.1 Å². The second kappa shape index (κ2) is 7.81. The summed E-state index contributed by atoms with van der Waals surface area (Å²) in [6, 6.07) is 9.42. The first-order chi connectivity index (χ1) is 13.2. The number of nitrogens with zero attached hydrogens (tertiary/aromatic N) is 5. The zero-order chi connectivity index (χ0) is 18.6. The lowest BCUT2D eigenvalue weighted by molar-refractivity contribution is 0.0731. The van der Waals surface area contributed by atoms with Crippen LogP contribution in [0, 0.1) is 6.92 Å². The highest BCUT2D eigenvalue weighted by Crippen LogP contribution is 2.27. The van der Waals surface area contributed by atoms with Gasteiger partial charge in [0.25, 0.3) is 5.91 Å². The van der Waals surface area contributed by atoms with Crippen LogP contribution in [0.2, 0.25) is 0 Å². The van der Waals surface area contributed by atoms with Gasteiger partial charge in [-0.1, -0.05) is 18.2 Å². The molecule has 3 heterocycles. The van der Waals surface area contributed by atoms with Gasteiger partial charge < -0.3 is 4.90 Å². The van der Waals surface area contributed by atoms with Crippen molar-refractivity contribution in [1.29, 1.82) is 0 Å². The largest absolute Gasteiger partial charge is 0.334 e. The Balaban J connectivity index is 1.53. The Morgan fingerprint density at radius 3 is 2.81 bits per heavy atom. The Bertz CT molecular complexity index is 931. The van der Waals surface area contributed by atoms with Crippen LogP contribution in [0.1, 0.15) is 16.2 Å². The lowest BCUT2D eigenvalue weighted by atomic mass is 10.1. The van der Waals surface area contributed by atoms with E-state index in [1.165, 1.54) is 11.3 Å². The highest BCUT2D eigenvalue weighted by molar-refractivity contribution is 7.13. The Hall–Kier alpha value is -2.84. The number of aryl methyl sites for hydroxylation is 1. The zero-order valence-electron chi connectivity index (χ0n) is 14.9. The zero-order valence-corrected chi connectivity index (χ0v) is 15.7. The third-order valence-electron chi connectivity index (χ3n) is 4.31.